The molecule has 2 aromatic carbocycles. The van der Waals surface area contributed by atoms with Gasteiger partial charge in [-0.3, -0.25) is 9.78 Å². The first kappa shape index (κ1) is 24.1. The monoisotopic (exact) mass is 483 g/mol. The first-order valence-electron chi connectivity index (χ1n) is 11.2. The zero-order valence-electron chi connectivity index (χ0n) is 20.1. The van der Waals surface area contributed by atoms with Crippen molar-refractivity contribution >= 4 is 44.7 Å². The van der Waals surface area contributed by atoms with Gasteiger partial charge in [0.25, 0.3) is 5.56 Å². The van der Waals surface area contributed by atoms with Gasteiger partial charge in [-0.05, 0) is 40.6 Å². The molecule has 0 fully saturated rings. The minimum Gasteiger partial charge on any atom is -0.383 e. The summed E-state index contributed by atoms with van der Waals surface area (Å²) in [7, 11) is 1.72. The fourth-order valence-electron chi connectivity index (χ4n) is 4.00. The summed E-state index contributed by atoms with van der Waals surface area (Å²) in [5.74, 6) is 2.80. The number of pyridine rings is 2. The lowest BCUT2D eigenvalue weighted by atomic mass is 9.96. The summed E-state index contributed by atoms with van der Waals surface area (Å²) in [4.78, 5) is 17.0. The van der Waals surface area contributed by atoms with Gasteiger partial charge in [0, 0.05) is 42.4 Å². The molecule has 1 unspecified atom stereocenters. The lowest BCUT2D eigenvalue weighted by Crippen LogP contribution is -2.20. The van der Waals surface area contributed by atoms with Gasteiger partial charge >= 0.3 is 0 Å². The average molecular weight is 484 g/mol. The summed E-state index contributed by atoms with van der Waals surface area (Å²) in [6.07, 6.45) is 9.20. The molecule has 7 heteroatoms. The Morgan fingerprint density at radius 3 is 2.66 bits per heavy atom. The molecule has 2 heterocycles. The fraction of sp³-hybridized carbons (Fsp3) is 0.250. The number of terminal acetylenes is 1. The van der Waals surface area contributed by atoms with Crippen LogP contribution in [0.1, 0.15) is 37.9 Å². The highest BCUT2D eigenvalue weighted by Crippen LogP contribution is 2.35. The molecule has 0 saturated carbocycles. The molecular formula is C28H26ClN5O. The Kier molecular flexibility index (Phi) is 6.43. The zero-order chi connectivity index (χ0) is 25.3. The highest BCUT2D eigenvalue weighted by molar-refractivity contribution is 6.35. The van der Waals surface area contributed by atoms with Crippen LogP contribution in [-0.2, 0) is 7.05 Å². The summed E-state index contributed by atoms with van der Waals surface area (Å²) >= 11 is 6.62. The highest BCUT2D eigenvalue weighted by Gasteiger charge is 2.18. The van der Waals surface area contributed by atoms with Gasteiger partial charge in [0.15, 0.2) is 0 Å². The standard InChI is InChI=1S/C28H26ClN5O/c1-6-24(20-8-7-9-21-19(20)10-11-34(5)27(21)35)33-18-12-22-25(32-16-28(2,3)4)17(14-30)15-31-26(22)23(29)13-18/h1,7-13,15,24,33H,16H2,2-5H3,(H,31,32). The smallest absolute Gasteiger partial charge is 0.258 e. The minimum atomic E-state index is -0.516. The molecule has 4 aromatic rings. The Hall–Kier alpha value is -4.00. The second-order valence-electron chi connectivity index (χ2n) is 9.71. The maximum Gasteiger partial charge on any atom is 0.258 e. The summed E-state index contributed by atoms with van der Waals surface area (Å²) in [5, 5.41) is 19.0. The average Bonchev–Trinajstić information content (AvgIpc) is 2.82. The maximum absolute atomic E-state index is 12.6. The molecule has 1 atom stereocenters. The summed E-state index contributed by atoms with van der Waals surface area (Å²) in [6.45, 7) is 7.01. The van der Waals surface area contributed by atoms with Crippen molar-refractivity contribution in [2.24, 2.45) is 12.5 Å². The van der Waals surface area contributed by atoms with Gasteiger partial charge in [-0.1, -0.05) is 50.4 Å². The van der Waals surface area contributed by atoms with Gasteiger partial charge in [0.2, 0.25) is 0 Å². The lowest BCUT2D eigenvalue weighted by molar-refractivity contribution is 0.443. The first-order chi connectivity index (χ1) is 16.6. The van der Waals surface area contributed by atoms with Gasteiger partial charge in [0.1, 0.15) is 12.1 Å². The molecule has 2 N–H and O–H groups in total. The van der Waals surface area contributed by atoms with Crippen molar-refractivity contribution in [3.63, 3.8) is 0 Å². The third kappa shape index (κ3) is 4.80. The topological polar surface area (TPSA) is 82.7 Å². The molecule has 0 aliphatic rings. The van der Waals surface area contributed by atoms with Crippen LogP contribution in [0.5, 0.6) is 0 Å². The quantitative estimate of drug-likeness (QED) is 0.347. The molecule has 6 nitrogen and oxygen atoms in total. The molecule has 4 rings (SSSR count). The van der Waals surface area contributed by atoms with E-state index >= 15 is 0 Å². The number of halogens is 1. The number of nitrogens with one attached hydrogen (secondary N) is 2. The summed E-state index contributed by atoms with van der Waals surface area (Å²) in [6, 6.07) is 12.8. The SMILES string of the molecule is C#CC(Nc1cc(Cl)c2ncc(C#N)c(NCC(C)(C)C)c2c1)c1cccc2c(=O)n(C)ccc12. The van der Waals surface area contributed by atoms with Crippen molar-refractivity contribution in [3.05, 3.63) is 75.3 Å². The molecule has 35 heavy (non-hydrogen) atoms. The number of rotatable bonds is 5. The number of hydrogen-bond donors (Lipinski definition) is 2. The Labute approximate surface area is 209 Å². The molecule has 0 amide bonds. The third-order valence-electron chi connectivity index (χ3n) is 5.78. The largest absolute Gasteiger partial charge is 0.383 e. The van der Waals surface area contributed by atoms with Crippen LogP contribution >= 0.6 is 11.6 Å². The Morgan fingerprint density at radius 2 is 1.97 bits per heavy atom. The molecule has 0 aliphatic carbocycles. The Bertz CT molecular complexity index is 1580. The van der Waals surface area contributed by atoms with Crippen molar-refractivity contribution in [1.82, 2.24) is 9.55 Å². The predicted molar refractivity (Wildman–Crippen MR) is 144 cm³/mol. The van der Waals surface area contributed by atoms with E-state index in [9.17, 15) is 10.1 Å². The first-order valence-corrected chi connectivity index (χ1v) is 11.6. The van der Waals surface area contributed by atoms with Crippen molar-refractivity contribution in [1.29, 1.82) is 5.26 Å². The lowest BCUT2D eigenvalue weighted by Gasteiger charge is -2.22. The van der Waals surface area contributed by atoms with Crippen molar-refractivity contribution in [2.45, 2.75) is 26.8 Å². The van der Waals surface area contributed by atoms with Crippen LogP contribution in [0.3, 0.4) is 0 Å². The van der Waals surface area contributed by atoms with E-state index < -0.39 is 6.04 Å². The normalized spacial score (nSPS) is 12.2. The number of hydrogen-bond acceptors (Lipinski definition) is 5. The number of fused-ring (bicyclic) bond motifs is 2. The molecule has 0 saturated heterocycles. The predicted octanol–water partition coefficient (Wildman–Crippen LogP) is 5.86. The van der Waals surface area contributed by atoms with Gasteiger partial charge in [0.05, 0.1) is 21.8 Å². The second kappa shape index (κ2) is 9.33. The molecule has 0 aliphatic heterocycles. The fourth-order valence-corrected chi connectivity index (χ4v) is 4.27. The van der Waals surface area contributed by atoms with Crippen LogP contribution in [-0.4, -0.2) is 16.1 Å². The van der Waals surface area contributed by atoms with E-state index in [-0.39, 0.29) is 11.0 Å². The van der Waals surface area contributed by atoms with E-state index in [2.05, 4.69) is 48.4 Å². The van der Waals surface area contributed by atoms with Crippen LogP contribution in [0.25, 0.3) is 21.7 Å². The Balaban J connectivity index is 1.81. The van der Waals surface area contributed by atoms with E-state index in [0.717, 1.165) is 16.3 Å². The highest BCUT2D eigenvalue weighted by atomic mass is 35.5. The van der Waals surface area contributed by atoms with E-state index in [4.69, 9.17) is 18.0 Å². The zero-order valence-corrected chi connectivity index (χ0v) is 20.9. The maximum atomic E-state index is 12.6. The van der Waals surface area contributed by atoms with Crippen LogP contribution in [0.15, 0.2) is 53.6 Å². The molecule has 176 valence electrons. The number of nitrogens with zero attached hydrogens (tertiary/aromatic N) is 3. The van der Waals surface area contributed by atoms with Crippen molar-refractivity contribution in [2.75, 3.05) is 17.2 Å². The second-order valence-corrected chi connectivity index (χ2v) is 10.1. The molecular weight excluding hydrogens is 458 g/mol. The number of benzene rings is 2. The van der Waals surface area contributed by atoms with Gasteiger partial charge in [-0.25, -0.2) is 0 Å². The van der Waals surface area contributed by atoms with Crippen LogP contribution in [0.4, 0.5) is 11.4 Å². The van der Waals surface area contributed by atoms with Gasteiger partial charge in [-0.15, -0.1) is 6.42 Å². The molecule has 2 aromatic heterocycles. The number of nitriles is 1. The number of aryl methyl sites for hydroxylation is 1. The van der Waals surface area contributed by atoms with Crippen molar-refractivity contribution in [3.8, 4) is 18.4 Å². The van der Waals surface area contributed by atoms with E-state index in [1.807, 2.05) is 24.3 Å². The Morgan fingerprint density at radius 1 is 1.20 bits per heavy atom. The van der Waals surface area contributed by atoms with Gasteiger partial charge < -0.3 is 15.2 Å². The molecule has 0 spiro atoms. The van der Waals surface area contributed by atoms with Crippen LogP contribution in [0.2, 0.25) is 5.02 Å². The van der Waals surface area contributed by atoms with Crippen molar-refractivity contribution < 1.29 is 0 Å². The minimum absolute atomic E-state index is 0.00195. The number of anilines is 2. The van der Waals surface area contributed by atoms with Crippen LogP contribution < -0.4 is 16.2 Å². The summed E-state index contributed by atoms with van der Waals surface area (Å²) in [5.41, 5.74) is 3.13. The van der Waals surface area contributed by atoms with Gasteiger partial charge in [-0.2, -0.15) is 5.26 Å². The molecule has 0 radical (unpaired) electrons. The van der Waals surface area contributed by atoms with E-state index in [1.165, 1.54) is 6.20 Å². The summed E-state index contributed by atoms with van der Waals surface area (Å²) < 4.78 is 1.54. The van der Waals surface area contributed by atoms with E-state index in [0.29, 0.717) is 39.4 Å². The molecule has 0 bridgehead atoms. The number of aromatic nitrogens is 2. The third-order valence-corrected chi connectivity index (χ3v) is 6.07. The van der Waals surface area contributed by atoms with Crippen LogP contribution in [0, 0.1) is 29.1 Å². The van der Waals surface area contributed by atoms with E-state index in [1.54, 1.807) is 29.9 Å².